The molecular formula is C16H27O5. The van der Waals surface area contributed by atoms with Crippen LogP contribution >= 0.6 is 0 Å². The molecule has 0 aromatic rings. The number of ether oxygens (including phenoxy) is 4. The molecule has 0 N–H and O–H groups in total. The van der Waals surface area contributed by atoms with E-state index in [0.29, 0.717) is 33.0 Å². The van der Waals surface area contributed by atoms with Crippen molar-refractivity contribution in [2.75, 3.05) is 39.6 Å². The number of esters is 1. The van der Waals surface area contributed by atoms with Crippen molar-refractivity contribution >= 4 is 5.97 Å². The van der Waals surface area contributed by atoms with Crippen LogP contribution in [0.5, 0.6) is 0 Å². The summed E-state index contributed by atoms with van der Waals surface area (Å²) in [5, 5.41) is 0. The van der Waals surface area contributed by atoms with E-state index in [0.717, 1.165) is 24.8 Å². The molecular weight excluding hydrogens is 272 g/mol. The molecule has 0 aliphatic heterocycles. The molecule has 1 aliphatic rings. The summed E-state index contributed by atoms with van der Waals surface area (Å²) in [6, 6.07) is 0. The molecule has 0 amide bonds. The Morgan fingerprint density at radius 1 is 1.10 bits per heavy atom. The Morgan fingerprint density at radius 3 is 2.29 bits per heavy atom. The minimum Gasteiger partial charge on any atom is -0.460 e. The van der Waals surface area contributed by atoms with Gasteiger partial charge in [-0.15, -0.1) is 0 Å². The Morgan fingerprint density at radius 2 is 1.67 bits per heavy atom. The fourth-order valence-electron chi connectivity index (χ4n) is 2.06. The molecule has 121 valence electrons. The second-order valence-electron chi connectivity index (χ2n) is 5.17. The third-order valence-corrected chi connectivity index (χ3v) is 3.38. The summed E-state index contributed by atoms with van der Waals surface area (Å²) in [7, 11) is 0. The lowest BCUT2D eigenvalue weighted by Crippen LogP contribution is -2.17. The molecule has 1 fully saturated rings. The SMILES string of the molecule is C=CC(=O)OCCOCCOCCO[C]1CCC(C)CC1. The minimum absolute atomic E-state index is 0.241. The van der Waals surface area contributed by atoms with Gasteiger partial charge in [-0.3, -0.25) is 0 Å². The van der Waals surface area contributed by atoms with Crippen molar-refractivity contribution in [3.05, 3.63) is 18.8 Å². The summed E-state index contributed by atoms with van der Waals surface area (Å²) in [6.45, 7) is 8.40. The summed E-state index contributed by atoms with van der Waals surface area (Å²) in [5.41, 5.74) is 0. The zero-order chi connectivity index (χ0) is 15.3. The van der Waals surface area contributed by atoms with Gasteiger partial charge in [0, 0.05) is 6.08 Å². The fraction of sp³-hybridized carbons (Fsp3) is 0.750. The maximum atomic E-state index is 10.7. The minimum atomic E-state index is -0.429. The second kappa shape index (κ2) is 11.7. The van der Waals surface area contributed by atoms with Crippen LogP contribution in [-0.2, 0) is 23.7 Å². The number of rotatable bonds is 11. The molecule has 5 heteroatoms. The van der Waals surface area contributed by atoms with Crippen LogP contribution in [0.15, 0.2) is 12.7 Å². The number of hydrogen-bond donors (Lipinski definition) is 0. The monoisotopic (exact) mass is 299 g/mol. The maximum absolute atomic E-state index is 10.7. The van der Waals surface area contributed by atoms with E-state index in [1.807, 2.05) is 0 Å². The van der Waals surface area contributed by atoms with E-state index < -0.39 is 5.97 Å². The fourth-order valence-corrected chi connectivity index (χ4v) is 2.06. The average molecular weight is 299 g/mol. The van der Waals surface area contributed by atoms with Gasteiger partial charge in [0.1, 0.15) is 6.61 Å². The van der Waals surface area contributed by atoms with Gasteiger partial charge >= 0.3 is 5.97 Å². The van der Waals surface area contributed by atoms with Crippen LogP contribution in [0.25, 0.3) is 0 Å². The Labute approximate surface area is 127 Å². The summed E-state index contributed by atoms with van der Waals surface area (Å²) >= 11 is 0. The molecule has 0 spiro atoms. The van der Waals surface area contributed by atoms with Crippen molar-refractivity contribution in [1.29, 1.82) is 0 Å². The Hall–Kier alpha value is -0.910. The third kappa shape index (κ3) is 9.61. The largest absolute Gasteiger partial charge is 0.460 e. The number of carbonyl (C=O) groups is 1. The standard InChI is InChI=1S/C16H27O5/c1-3-16(17)21-13-11-19-9-8-18-10-12-20-15-6-4-14(2)5-7-15/h3,14H,1,4-13H2,2H3. The second-order valence-corrected chi connectivity index (χ2v) is 5.17. The Balaban J connectivity index is 1.78. The van der Waals surface area contributed by atoms with Gasteiger partial charge in [0.2, 0.25) is 0 Å². The zero-order valence-corrected chi connectivity index (χ0v) is 13.0. The van der Waals surface area contributed by atoms with Crippen molar-refractivity contribution < 1.29 is 23.7 Å². The van der Waals surface area contributed by atoms with Crippen LogP contribution in [0.4, 0.5) is 0 Å². The van der Waals surface area contributed by atoms with Gasteiger partial charge < -0.3 is 18.9 Å². The molecule has 1 aliphatic carbocycles. The summed E-state index contributed by atoms with van der Waals surface area (Å²) in [4.78, 5) is 10.7. The van der Waals surface area contributed by atoms with E-state index in [-0.39, 0.29) is 6.61 Å². The highest BCUT2D eigenvalue weighted by Crippen LogP contribution is 2.30. The summed E-state index contributed by atoms with van der Waals surface area (Å²) < 4.78 is 21.1. The van der Waals surface area contributed by atoms with Crippen LogP contribution in [-0.4, -0.2) is 45.6 Å². The van der Waals surface area contributed by atoms with E-state index in [1.54, 1.807) is 0 Å². The molecule has 0 heterocycles. The van der Waals surface area contributed by atoms with Crippen LogP contribution in [0.2, 0.25) is 0 Å². The first kappa shape index (κ1) is 18.1. The van der Waals surface area contributed by atoms with E-state index in [2.05, 4.69) is 13.5 Å². The van der Waals surface area contributed by atoms with Gasteiger partial charge in [-0.05, 0) is 31.6 Å². The first-order valence-corrected chi connectivity index (χ1v) is 7.64. The van der Waals surface area contributed by atoms with Crippen molar-refractivity contribution in [2.45, 2.75) is 32.6 Å². The van der Waals surface area contributed by atoms with E-state index in [1.165, 1.54) is 18.9 Å². The first-order chi connectivity index (χ1) is 10.2. The summed E-state index contributed by atoms with van der Waals surface area (Å²) in [6.07, 6.45) is 7.01. The molecule has 0 aromatic carbocycles. The molecule has 1 saturated carbocycles. The van der Waals surface area contributed by atoms with Crippen LogP contribution in [0.1, 0.15) is 32.6 Å². The van der Waals surface area contributed by atoms with Crippen LogP contribution in [0.3, 0.4) is 0 Å². The van der Waals surface area contributed by atoms with E-state index in [9.17, 15) is 4.79 Å². The third-order valence-electron chi connectivity index (χ3n) is 3.38. The maximum Gasteiger partial charge on any atom is 0.330 e. The van der Waals surface area contributed by atoms with Gasteiger partial charge in [0.25, 0.3) is 0 Å². The topological polar surface area (TPSA) is 54.0 Å². The quantitative estimate of drug-likeness (QED) is 0.333. The van der Waals surface area contributed by atoms with Crippen molar-refractivity contribution in [3.8, 4) is 0 Å². The summed E-state index contributed by atoms with van der Waals surface area (Å²) in [5.74, 6) is 0.401. The molecule has 21 heavy (non-hydrogen) atoms. The molecule has 5 nitrogen and oxygen atoms in total. The van der Waals surface area contributed by atoms with Crippen molar-refractivity contribution in [2.24, 2.45) is 5.92 Å². The molecule has 0 unspecified atom stereocenters. The highest BCUT2D eigenvalue weighted by atomic mass is 16.6. The Kier molecular flexibility index (Phi) is 10.1. The lowest BCUT2D eigenvalue weighted by atomic mass is 9.89. The molecule has 0 saturated heterocycles. The first-order valence-electron chi connectivity index (χ1n) is 7.64. The van der Waals surface area contributed by atoms with Gasteiger partial charge in [-0.25, -0.2) is 4.79 Å². The van der Waals surface area contributed by atoms with Gasteiger partial charge in [0.15, 0.2) is 0 Å². The molecule has 1 rings (SSSR count). The average Bonchev–Trinajstić information content (AvgIpc) is 2.50. The number of hydrogen-bond acceptors (Lipinski definition) is 5. The lowest BCUT2D eigenvalue weighted by Gasteiger charge is -2.25. The predicted octanol–water partition coefficient (Wildman–Crippen LogP) is 2.51. The van der Waals surface area contributed by atoms with E-state index >= 15 is 0 Å². The number of carbonyl (C=O) groups excluding carboxylic acids is 1. The zero-order valence-electron chi connectivity index (χ0n) is 13.0. The normalized spacial score (nSPS) is 16.8. The van der Waals surface area contributed by atoms with Crippen LogP contribution in [0, 0.1) is 12.0 Å². The van der Waals surface area contributed by atoms with Crippen LogP contribution < -0.4 is 0 Å². The molecule has 0 atom stereocenters. The van der Waals surface area contributed by atoms with Gasteiger partial charge in [-0.2, -0.15) is 0 Å². The smallest absolute Gasteiger partial charge is 0.330 e. The predicted molar refractivity (Wildman–Crippen MR) is 79.6 cm³/mol. The lowest BCUT2D eigenvalue weighted by molar-refractivity contribution is -0.139. The van der Waals surface area contributed by atoms with Gasteiger partial charge in [-0.1, -0.05) is 13.5 Å². The van der Waals surface area contributed by atoms with Crippen molar-refractivity contribution in [1.82, 2.24) is 0 Å². The highest BCUT2D eigenvalue weighted by Gasteiger charge is 2.19. The molecule has 0 bridgehead atoms. The van der Waals surface area contributed by atoms with Gasteiger partial charge in [0.05, 0.1) is 39.1 Å². The molecule has 0 aromatic heterocycles. The van der Waals surface area contributed by atoms with Crippen molar-refractivity contribution in [3.63, 3.8) is 0 Å². The highest BCUT2D eigenvalue weighted by molar-refractivity contribution is 5.81. The van der Waals surface area contributed by atoms with E-state index in [4.69, 9.17) is 18.9 Å². The Bertz CT molecular complexity index is 284. The molecule has 1 radical (unpaired) electrons.